The Kier molecular flexibility index (Phi) is 4.88. The summed E-state index contributed by atoms with van der Waals surface area (Å²) in [6, 6.07) is 24.4. The lowest BCUT2D eigenvalue weighted by Gasteiger charge is -2.19. The molecule has 0 aliphatic rings. The third kappa shape index (κ3) is 4.14. The highest BCUT2D eigenvalue weighted by Gasteiger charge is 2.17. The molecular formula is C22H23NO2S. The third-order valence-corrected chi connectivity index (χ3v) is 5.67. The average molecular weight is 365 g/mol. The zero-order valence-electron chi connectivity index (χ0n) is 15.2. The number of nitrogens with one attached hydrogen (secondary N) is 1. The van der Waals surface area contributed by atoms with Crippen molar-refractivity contribution < 1.29 is 8.42 Å². The summed E-state index contributed by atoms with van der Waals surface area (Å²) in [6.07, 6.45) is 0. The topological polar surface area (TPSA) is 46.2 Å². The SMILES string of the molecule is CC(C)(C)c1ccc(S(=O)(=O)Nc2ccc(-c3ccccc3)cc2)cc1. The zero-order valence-corrected chi connectivity index (χ0v) is 16.0. The highest BCUT2D eigenvalue weighted by Crippen LogP contribution is 2.25. The van der Waals surface area contributed by atoms with Crippen molar-refractivity contribution in [2.45, 2.75) is 31.1 Å². The largest absolute Gasteiger partial charge is 0.280 e. The molecule has 0 aliphatic carbocycles. The first-order valence-corrected chi connectivity index (χ1v) is 10.0. The number of hydrogen-bond acceptors (Lipinski definition) is 2. The van der Waals surface area contributed by atoms with E-state index in [4.69, 9.17) is 0 Å². The van der Waals surface area contributed by atoms with E-state index >= 15 is 0 Å². The first-order chi connectivity index (χ1) is 12.3. The number of hydrogen-bond donors (Lipinski definition) is 1. The minimum absolute atomic E-state index is 0.0109. The molecule has 0 unspecified atom stereocenters. The van der Waals surface area contributed by atoms with E-state index in [-0.39, 0.29) is 10.3 Å². The van der Waals surface area contributed by atoms with Crippen LogP contribution in [0.25, 0.3) is 11.1 Å². The molecule has 0 saturated heterocycles. The number of rotatable bonds is 4. The Balaban J connectivity index is 1.79. The molecule has 26 heavy (non-hydrogen) atoms. The lowest BCUT2D eigenvalue weighted by atomic mass is 9.87. The molecule has 3 aromatic carbocycles. The molecule has 4 heteroatoms. The first kappa shape index (κ1) is 18.2. The summed E-state index contributed by atoms with van der Waals surface area (Å²) < 4.78 is 27.9. The maximum Gasteiger partial charge on any atom is 0.261 e. The van der Waals surface area contributed by atoms with Crippen LogP contribution in [-0.2, 0) is 15.4 Å². The van der Waals surface area contributed by atoms with Crippen molar-refractivity contribution >= 4 is 15.7 Å². The van der Waals surface area contributed by atoms with Crippen LogP contribution < -0.4 is 4.72 Å². The van der Waals surface area contributed by atoms with Crippen molar-refractivity contribution in [3.8, 4) is 11.1 Å². The van der Waals surface area contributed by atoms with E-state index < -0.39 is 10.0 Å². The molecule has 0 saturated carbocycles. The lowest BCUT2D eigenvalue weighted by Crippen LogP contribution is -2.14. The van der Waals surface area contributed by atoms with Crippen LogP contribution >= 0.6 is 0 Å². The number of sulfonamides is 1. The van der Waals surface area contributed by atoms with Gasteiger partial charge in [-0.3, -0.25) is 4.72 Å². The molecule has 0 atom stereocenters. The van der Waals surface area contributed by atoms with E-state index in [0.717, 1.165) is 16.7 Å². The van der Waals surface area contributed by atoms with E-state index in [1.807, 2.05) is 54.6 Å². The van der Waals surface area contributed by atoms with Gasteiger partial charge in [0.05, 0.1) is 4.90 Å². The van der Waals surface area contributed by atoms with Gasteiger partial charge in [-0.15, -0.1) is 0 Å². The molecule has 0 aromatic heterocycles. The maximum absolute atomic E-state index is 12.6. The van der Waals surface area contributed by atoms with Gasteiger partial charge in [-0.05, 0) is 46.4 Å². The summed E-state index contributed by atoms with van der Waals surface area (Å²) in [6.45, 7) is 6.30. The second-order valence-corrected chi connectivity index (χ2v) is 9.01. The van der Waals surface area contributed by atoms with Gasteiger partial charge >= 0.3 is 0 Å². The van der Waals surface area contributed by atoms with E-state index in [1.54, 1.807) is 24.3 Å². The molecule has 134 valence electrons. The number of benzene rings is 3. The second kappa shape index (κ2) is 6.96. The molecule has 0 aliphatic heterocycles. The summed E-state index contributed by atoms with van der Waals surface area (Å²) in [5.74, 6) is 0. The van der Waals surface area contributed by atoms with E-state index in [9.17, 15) is 8.42 Å². The van der Waals surface area contributed by atoms with Gasteiger partial charge in [0.2, 0.25) is 0 Å². The Morgan fingerprint density at radius 3 is 1.77 bits per heavy atom. The maximum atomic E-state index is 12.6. The van der Waals surface area contributed by atoms with Crippen molar-refractivity contribution in [1.82, 2.24) is 0 Å². The summed E-state index contributed by atoms with van der Waals surface area (Å²) in [7, 11) is -3.60. The van der Waals surface area contributed by atoms with Gasteiger partial charge in [0.25, 0.3) is 10.0 Å². The summed E-state index contributed by atoms with van der Waals surface area (Å²) in [5.41, 5.74) is 3.78. The summed E-state index contributed by atoms with van der Waals surface area (Å²) >= 11 is 0. The van der Waals surface area contributed by atoms with Crippen LogP contribution in [0.2, 0.25) is 0 Å². The van der Waals surface area contributed by atoms with Crippen molar-refractivity contribution in [2.75, 3.05) is 4.72 Å². The van der Waals surface area contributed by atoms with Crippen LogP contribution in [-0.4, -0.2) is 8.42 Å². The smallest absolute Gasteiger partial charge is 0.261 e. The molecule has 3 nitrogen and oxygen atoms in total. The van der Waals surface area contributed by atoms with Gasteiger partial charge in [-0.2, -0.15) is 0 Å². The fourth-order valence-electron chi connectivity index (χ4n) is 2.71. The molecule has 3 rings (SSSR count). The molecular weight excluding hydrogens is 342 g/mol. The van der Waals surface area contributed by atoms with Crippen LogP contribution in [0.1, 0.15) is 26.3 Å². The van der Waals surface area contributed by atoms with Gasteiger partial charge < -0.3 is 0 Å². The monoisotopic (exact) mass is 365 g/mol. The molecule has 3 aromatic rings. The second-order valence-electron chi connectivity index (χ2n) is 7.32. The zero-order chi connectivity index (χ0) is 18.8. The van der Waals surface area contributed by atoms with Crippen LogP contribution in [0.3, 0.4) is 0 Å². The van der Waals surface area contributed by atoms with Gasteiger partial charge in [0.1, 0.15) is 0 Å². The standard InChI is InChI=1S/C22H23NO2S/c1-22(2,3)19-11-15-21(16-12-19)26(24,25)23-20-13-9-18(10-14-20)17-7-5-4-6-8-17/h4-16,23H,1-3H3. The Morgan fingerprint density at radius 2 is 1.23 bits per heavy atom. The normalized spacial score (nSPS) is 12.0. The lowest BCUT2D eigenvalue weighted by molar-refractivity contribution is 0.587. The van der Waals surface area contributed by atoms with Gasteiger partial charge in [-0.1, -0.05) is 75.4 Å². The summed E-state index contributed by atoms with van der Waals surface area (Å²) in [4.78, 5) is 0.262. The molecule has 1 N–H and O–H groups in total. The highest BCUT2D eigenvalue weighted by molar-refractivity contribution is 7.92. The first-order valence-electron chi connectivity index (χ1n) is 8.54. The van der Waals surface area contributed by atoms with Crippen molar-refractivity contribution in [3.63, 3.8) is 0 Å². The van der Waals surface area contributed by atoms with Crippen LogP contribution in [0.4, 0.5) is 5.69 Å². The van der Waals surface area contributed by atoms with E-state index in [1.165, 1.54) is 0 Å². The highest BCUT2D eigenvalue weighted by atomic mass is 32.2. The Labute approximate surface area is 155 Å². The Hall–Kier alpha value is -2.59. The van der Waals surface area contributed by atoms with Crippen molar-refractivity contribution in [3.05, 3.63) is 84.4 Å². The predicted octanol–water partition coefficient (Wildman–Crippen LogP) is 5.45. The average Bonchev–Trinajstić information content (AvgIpc) is 2.62. The minimum atomic E-state index is -3.60. The minimum Gasteiger partial charge on any atom is -0.280 e. The van der Waals surface area contributed by atoms with Gasteiger partial charge in [0.15, 0.2) is 0 Å². The van der Waals surface area contributed by atoms with Crippen molar-refractivity contribution in [2.24, 2.45) is 0 Å². The van der Waals surface area contributed by atoms with Crippen LogP contribution in [0.5, 0.6) is 0 Å². The predicted molar refractivity (Wildman–Crippen MR) is 108 cm³/mol. The molecule has 0 fully saturated rings. The van der Waals surface area contributed by atoms with Crippen LogP contribution in [0, 0.1) is 0 Å². The van der Waals surface area contributed by atoms with E-state index in [2.05, 4.69) is 25.5 Å². The Morgan fingerprint density at radius 1 is 0.692 bits per heavy atom. The fourth-order valence-corrected chi connectivity index (χ4v) is 3.77. The fraction of sp³-hybridized carbons (Fsp3) is 0.182. The van der Waals surface area contributed by atoms with Crippen molar-refractivity contribution in [1.29, 1.82) is 0 Å². The molecule has 0 radical (unpaired) electrons. The van der Waals surface area contributed by atoms with Gasteiger partial charge in [-0.25, -0.2) is 8.42 Å². The quantitative estimate of drug-likeness (QED) is 0.668. The molecule has 0 bridgehead atoms. The third-order valence-electron chi connectivity index (χ3n) is 4.27. The molecule has 0 spiro atoms. The summed E-state index contributed by atoms with van der Waals surface area (Å²) in [5, 5.41) is 0. The van der Waals surface area contributed by atoms with Crippen LogP contribution in [0.15, 0.2) is 83.8 Å². The Bertz CT molecular complexity index is 969. The molecule has 0 amide bonds. The molecule has 0 heterocycles. The van der Waals surface area contributed by atoms with E-state index in [0.29, 0.717) is 5.69 Å². The van der Waals surface area contributed by atoms with Gasteiger partial charge in [0, 0.05) is 5.69 Å². The number of anilines is 1.